The van der Waals surface area contributed by atoms with Crippen molar-refractivity contribution in [2.45, 2.75) is 19.0 Å². The number of carbonyl (C=O) groups excluding carboxylic acids is 2. The highest BCUT2D eigenvalue weighted by Gasteiger charge is 2.36. The molecule has 9 heteroatoms. The van der Waals surface area contributed by atoms with E-state index >= 15 is 0 Å². The van der Waals surface area contributed by atoms with Gasteiger partial charge in [0.05, 0.1) is 11.5 Å². The normalized spacial score (nSPS) is 18.9. The fourth-order valence-corrected chi connectivity index (χ4v) is 4.40. The first-order chi connectivity index (χ1) is 11.8. The Balaban J connectivity index is 2.01. The summed E-state index contributed by atoms with van der Waals surface area (Å²) >= 11 is 0. The monoisotopic (exact) mass is 368 g/mol. The SMILES string of the molecule is CN(C)CCN(C(=O)C(=O)NCc1ccncc1)C1CCS(=O)(=O)C1. The fraction of sp³-hybridized carbons (Fsp3) is 0.562. The molecule has 1 N–H and O–H groups in total. The molecule has 1 fully saturated rings. The fourth-order valence-electron chi connectivity index (χ4n) is 2.67. The number of nitrogens with zero attached hydrogens (tertiary/aromatic N) is 3. The van der Waals surface area contributed by atoms with Crippen LogP contribution in [0.5, 0.6) is 0 Å². The first kappa shape index (κ1) is 19.3. The van der Waals surface area contributed by atoms with Crippen LogP contribution in [0, 0.1) is 0 Å². The van der Waals surface area contributed by atoms with Gasteiger partial charge in [0.25, 0.3) is 0 Å². The Kier molecular flexibility index (Phi) is 6.49. The van der Waals surface area contributed by atoms with Gasteiger partial charge in [0.1, 0.15) is 0 Å². The molecule has 2 rings (SSSR count). The van der Waals surface area contributed by atoms with Gasteiger partial charge in [-0.2, -0.15) is 0 Å². The molecule has 0 aliphatic carbocycles. The highest BCUT2D eigenvalue weighted by Crippen LogP contribution is 2.18. The molecule has 0 radical (unpaired) electrons. The largest absolute Gasteiger partial charge is 0.344 e. The van der Waals surface area contributed by atoms with Crippen molar-refractivity contribution in [2.75, 3.05) is 38.7 Å². The Bertz CT molecular complexity index is 706. The van der Waals surface area contributed by atoms with Crippen molar-refractivity contribution in [1.29, 1.82) is 0 Å². The second kappa shape index (κ2) is 8.39. The zero-order valence-electron chi connectivity index (χ0n) is 14.5. The second-order valence-electron chi connectivity index (χ2n) is 6.40. The van der Waals surface area contributed by atoms with E-state index in [2.05, 4.69) is 10.3 Å². The minimum Gasteiger partial charge on any atom is -0.344 e. The van der Waals surface area contributed by atoms with Crippen molar-refractivity contribution in [1.82, 2.24) is 20.1 Å². The lowest BCUT2D eigenvalue weighted by Gasteiger charge is -2.28. The van der Waals surface area contributed by atoms with Crippen LogP contribution in [-0.4, -0.2) is 79.7 Å². The number of amides is 2. The van der Waals surface area contributed by atoms with Gasteiger partial charge in [0, 0.05) is 38.1 Å². The number of sulfone groups is 1. The summed E-state index contributed by atoms with van der Waals surface area (Å²) in [6.07, 6.45) is 3.59. The van der Waals surface area contributed by atoms with Crippen LogP contribution in [0.3, 0.4) is 0 Å². The van der Waals surface area contributed by atoms with Crippen molar-refractivity contribution in [3.8, 4) is 0 Å². The summed E-state index contributed by atoms with van der Waals surface area (Å²) in [5.41, 5.74) is 0.833. The summed E-state index contributed by atoms with van der Waals surface area (Å²) in [7, 11) is 0.578. The average molecular weight is 368 g/mol. The minimum atomic E-state index is -3.14. The highest BCUT2D eigenvalue weighted by molar-refractivity contribution is 7.91. The molecule has 1 aliphatic rings. The molecule has 8 nitrogen and oxygen atoms in total. The molecule has 0 bridgehead atoms. The van der Waals surface area contributed by atoms with Crippen molar-refractivity contribution in [3.63, 3.8) is 0 Å². The van der Waals surface area contributed by atoms with Crippen LogP contribution in [0.4, 0.5) is 0 Å². The molecule has 0 saturated carbocycles. The van der Waals surface area contributed by atoms with Gasteiger partial charge in [0.2, 0.25) is 0 Å². The van der Waals surface area contributed by atoms with E-state index in [9.17, 15) is 18.0 Å². The van der Waals surface area contributed by atoms with E-state index in [1.165, 1.54) is 4.90 Å². The molecule has 1 aromatic rings. The molecular weight excluding hydrogens is 344 g/mol. The third kappa shape index (κ3) is 5.79. The lowest BCUT2D eigenvalue weighted by molar-refractivity contribution is -0.147. The molecule has 0 aromatic carbocycles. The van der Waals surface area contributed by atoms with E-state index in [1.807, 2.05) is 19.0 Å². The van der Waals surface area contributed by atoms with E-state index in [-0.39, 0.29) is 18.1 Å². The predicted octanol–water partition coefficient (Wildman–Crippen LogP) is -0.725. The molecule has 1 aromatic heterocycles. The average Bonchev–Trinajstić information content (AvgIpc) is 2.93. The molecule has 25 heavy (non-hydrogen) atoms. The van der Waals surface area contributed by atoms with Gasteiger partial charge in [-0.15, -0.1) is 0 Å². The molecule has 2 amide bonds. The second-order valence-corrected chi connectivity index (χ2v) is 8.63. The number of aromatic nitrogens is 1. The standard InChI is InChI=1S/C16H24N4O4S/c1-19(2)8-9-20(14-5-10-25(23,24)12-14)16(22)15(21)18-11-13-3-6-17-7-4-13/h3-4,6-7,14H,5,8-12H2,1-2H3,(H,18,21). The number of nitrogens with one attached hydrogen (secondary N) is 1. The minimum absolute atomic E-state index is 0.0576. The van der Waals surface area contributed by atoms with Crippen molar-refractivity contribution in [2.24, 2.45) is 0 Å². The van der Waals surface area contributed by atoms with Crippen LogP contribution in [0.25, 0.3) is 0 Å². The van der Waals surface area contributed by atoms with E-state index in [4.69, 9.17) is 0 Å². The summed E-state index contributed by atoms with van der Waals surface area (Å²) in [6.45, 7) is 1.09. The van der Waals surface area contributed by atoms with E-state index < -0.39 is 27.7 Å². The maximum absolute atomic E-state index is 12.6. The van der Waals surface area contributed by atoms with Gasteiger partial charge in [-0.05, 0) is 38.2 Å². The summed E-state index contributed by atoms with van der Waals surface area (Å²) in [5, 5.41) is 2.59. The summed E-state index contributed by atoms with van der Waals surface area (Å²) in [4.78, 5) is 32.0. The Morgan fingerprint density at radius 2 is 1.92 bits per heavy atom. The van der Waals surface area contributed by atoms with Crippen LogP contribution in [0.1, 0.15) is 12.0 Å². The lowest BCUT2D eigenvalue weighted by atomic mass is 10.2. The molecule has 2 heterocycles. The smallest absolute Gasteiger partial charge is 0.312 e. The van der Waals surface area contributed by atoms with E-state index in [1.54, 1.807) is 24.5 Å². The summed E-state index contributed by atoms with van der Waals surface area (Å²) in [6, 6.07) is 3.06. The van der Waals surface area contributed by atoms with Crippen LogP contribution >= 0.6 is 0 Å². The number of hydrogen-bond donors (Lipinski definition) is 1. The molecule has 1 unspecified atom stereocenters. The zero-order valence-corrected chi connectivity index (χ0v) is 15.3. The molecule has 1 aliphatic heterocycles. The number of hydrogen-bond acceptors (Lipinski definition) is 6. The Labute approximate surface area is 148 Å². The molecule has 1 atom stereocenters. The van der Waals surface area contributed by atoms with Gasteiger partial charge in [0.15, 0.2) is 9.84 Å². The molecule has 0 spiro atoms. The van der Waals surface area contributed by atoms with Crippen LogP contribution < -0.4 is 5.32 Å². The van der Waals surface area contributed by atoms with Gasteiger partial charge in [-0.25, -0.2) is 8.42 Å². The zero-order chi connectivity index (χ0) is 18.4. The van der Waals surface area contributed by atoms with Gasteiger partial charge >= 0.3 is 11.8 Å². The first-order valence-electron chi connectivity index (χ1n) is 8.11. The van der Waals surface area contributed by atoms with Crippen molar-refractivity contribution < 1.29 is 18.0 Å². The van der Waals surface area contributed by atoms with Crippen LogP contribution in [-0.2, 0) is 26.0 Å². The summed E-state index contributed by atoms with van der Waals surface area (Å²) < 4.78 is 23.5. The third-order valence-electron chi connectivity index (χ3n) is 4.09. The van der Waals surface area contributed by atoms with E-state index in [0.29, 0.717) is 19.5 Å². The Morgan fingerprint density at radius 3 is 2.48 bits per heavy atom. The van der Waals surface area contributed by atoms with Crippen LogP contribution in [0.2, 0.25) is 0 Å². The Hall–Kier alpha value is -2.00. The quantitative estimate of drug-likeness (QED) is 0.665. The Morgan fingerprint density at radius 1 is 1.24 bits per heavy atom. The summed E-state index contributed by atoms with van der Waals surface area (Å²) in [5.74, 6) is -1.43. The van der Waals surface area contributed by atoms with Gasteiger partial charge < -0.3 is 15.1 Å². The maximum Gasteiger partial charge on any atom is 0.312 e. The number of likely N-dealkylation sites (N-methyl/N-ethyl adjacent to an activating group) is 1. The van der Waals surface area contributed by atoms with Crippen molar-refractivity contribution in [3.05, 3.63) is 30.1 Å². The lowest BCUT2D eigenvalue weighted by Crippen LogP contribution is -2.50. The highest BCUT2D eigenvalue weighted by atomic mass is 32.2. The topological polar surface area (TPSA) is 99.7 Å². The molecular formula is C16H24N4O4S. The maximum atomic E-state index is 12.6. The van der Waals surface area contributed by atoms with Crippen LogP contribution in [0.15, 0.2) is 24.5 Å². The van der Waals surface area contributed by atoms with E-state index in [0.717, 1.165) is 5.56 Å². The number of carbonyl (C=O) groups is 2. The van der Waals surface area contributed by atoms with Gasteiger partial charge in [-0.3, -0.25) is 14.6 Å². The number of rotatable bonds is 6. The molecule has 138 valence electrons. The van der Waals surface area contributed by atoms with Gasteiger partial charge in [-0.1, -0.05) is 0 Å². The predicted molar refractivity (Wildman–Crippen MR) is 93.4 cm³/mol. The third-order valence-corrected chi connectivity index (χ3v) is 5.85. The first-order valence-corrected chi connectivity index (χ1v) is 9.93. The number of pyridine rings is 1. The van der Waals surface area contributed by atoms with Crippen molar-refractivity contribution >= 4 is 21.7 Å². The molecule has 1 saturated heterocycles.